The maximum absolute atomic E-state index is 12.5. The number of rotatable bonds is 1. The van der Waals surface area contributed by atoms with Crippen molar-refractivity contribution in [1.29, 1.82) is 0 Å². The van der Waals surface area contributed by atoms with Gasteiger partial charge in [-0.3, -0.25) is 4.79 Å². The van der Waals surface area contributed by atoms with Crippen LogP contribution in [0.3, 0.4) is 0 Å². The Morgan fingerprint density at radius 3 is 2.92 bits per heavy atom. The van der Waals surface area contributed by atoms with Crippen LogP contribution in [0.15, 0.2) is 23.0 Å². The molecule has 138 valence electrons. The van der Waals surface area contributed by atoms with Crippen LogP contribution in [0.4, 0.5) is 0 Å². The zero-order valence-electron chi connectivity index (χ0n) is 14.6. The highest BCUT2D eigenvalue weighted by Gasteiger charge is 2.80. The molecule has 4 saturated heterocycles. The first kappa shape index (κ1) is 14.7. The fourth-order valence-electron chi connectivity index (χ4n) is 7.38. The standard InChI is InChI=1S/C20H22O6/c1-9-13-5-19-8-23-17(21)11(19)4-12-15(24-12)16(19)20(9)6-14(26-18(20)25-13)10-2-3-22-7-10/h2-3,7,9,11-16,18H,4-6,8H2,1H3/t9-,11-,12-,13-,14-,15-,16-,18-,19-,20+/m1/s1. The number of epoxide rings is 1. The van der Waals surface area contributed by atoms with Crippen molar-refractivity contribution in [3.8, 4) is 0 Å². The lowest BCUT2D eigenvalue weighted by Crippen LogP contribution is -2.60. The molecule has 7 rings (SSSR count). The Bertz CT molecular complexity index is 790. The van der Waals surface area contributed by atoms with E-state index in [4.69, 9.17) is 23.4 Å². The molecule has 6 heteroatoms. The van der Waals surface area contributed by atoms with Crippen molar-refractivity contribution >= 4 is 5.97 Å². The van der Waals surface area contributed by atoms with E-state index in [1.54, 1.807) is 12.5 Å². The lowest BCUT2D eigenvalue weighted by Gasteiger charge is -2.54. The van der Waals surface area contributed by atoms with E-state index in [0.29, 0.717) is 12.5 Å². The molecule has 26 heavy (non-hydrogen) atoms. The predicted molar refractivity (Wildman–Crippen MR) is 85.7 cm³/mol. The normalized spacial score (nSPS) is 58.6. The van der Waals surface area contributed by atoms with Crippen LogP contribution in [0.2, 0.25) is 0 Å². The summed E-state index contributed by atoms with van der Waals surface area (Å²) in [6.45, 7) is 2.82. The third-order valence-corrected chi connectivity index (χ3v) is 8.54. The molecule has 2 spiro atoms. The van der Waals surface area contributed by atoms with E-state index in [2.05, 4.69) is 6.92 Å². The summed E-state index contributed by atoms with van der Waals surface area (Å²) in [4.78, 5) is 12.5. The quantitative estimate of drug-likeness (QED) is 0.567. The summed E-state index contributed by atoms with van der Waals surface area (Å²) in [6.07, 6.45) is 6.37. The number of ether oxygens (including phenoxy) is 4. The number of hydrogen-bond acceptors (Lipinski definition) is 6. The fraction of sp³-hybridized carbons (Fsp3) is 0.750. The van der Waals surface area contributed by atoms with E-state index in [0.717, 1.165) is 24.8 Å². The summed E-state index contributed by atoms with van der Waals surface area (Å²) < 4.78 is 29.9. The lowest BCUT2D eigenvalue weighted by atomic mass is 9.44. The molecule has 1 aromatic rings. The van der Waals surface area contributed by atoms with Gasteiger partial charge in [-0.25, -0.2) is 0 Å². The van der Waals surface area contributed by atoms with Gasteiger partial charge in [0.05, 0.1) is 49.5 Å². The molecule has 0 radical (unpaired) electrons. The summed E-state index contributed by atoms with van der Waals surface area (Å²) >= 11 is 0. The van der Waals surface area contributed by atoms with Crippen molar-refractivity contribution in [3.05, 3.63) is 24.2 Å². The van der Waals surface area contributed by atoms with Crippen LogP contribution in [0.1, 0.15) is 37.9 Å². The van der Waals surface area contributed by atoms with E-state index in [-0.39, 0.29) is 59.3 Å². The van der Waals surface area contributed by atoms with E-state index < -0.39 is 0 Å². The highest BCUT2D eigenvalue weighted by atomic mass is 16.7. The molecule has 2 aliphatic carbocycles. The number of carbonyl (C=O) groups excluding carboxylic acids is 1. The highest BCUT2D eigenvalue weighted by Crippen LogP contribution is 2.75. The molecule has 6 aliphatic rings. The Labute approximate surface area is 151 Å². The number of fused-ring (bicyclic) bond motifs is 3. The minimum Gasteiger partial charge on any atom is -0.472 e. The fourth-order valence-corrected chi connectivity index (χ4v) is 7.38. The summed E-state index contributed by atoms with van der Waals surface area (Å²) in [6, 6.07) is 1.98. The van der Waals surface area contributed by atoms with Gasteiger partial charge in [0.1, 0.15) is 0 Å². The minimum atomic E-state index is -0.230. The van der Waals surface area contributed by atoms with Crippen LogP contribution in [0.25, 0.3) is 0 Å². The second kappa shape index (κ2) is 4.37. The monoisotopic (exact) mass is 358 g/mol. The number of furan rings is 1. The first-order valence-corrected chi connectivity index (χ1v) is 9.78. The Hall–Kier alpha value is -1.37. The minimum absolute atomic E-state index is 0.0205. The predicted octanol–water partition coefficient (Wildman–Crippen LogP) is 2.44. The van der Waals surface area contributed by atoms with Crippen molar-refractivity contribution in [2.45, 2.75) is 56.9 Å². The lowest BCUT2D eigenvalue weighted by molar-refractivity contribution is -0.152. The molecule has 1 aromatic heterocycles. The largest absolute Gasteiger partial charge is 0.472 e. The molecular weight excluding hydrogens is 336 g/mol. The Morgan fingerprint density at radius 1 is 1.15 bits per heavy atom. The first-order valence-electron chi connectivity index (χ1n) is 9.78. The molecule has 5 heterocycles. The van der Waals surface area contributed by atoms with Gasteiger partial charge < -0.3 is 23.4 Å². The molecule has 2 saturated carbocycles. The van der Waals surface area contributed by atoms with Crippen molar-refractivity contribution in [1.82, 2.24) is 0 Å². The maximum Gasteiger partial charge on any atom is 0.309 e. The van der Waals surface area contributed by atoms with E-state index in [1.807, 2.05) is 6.07 Å². The molecule has 2 bridgehead atoms. The van der Waals surface area contributed by atoms with E-state index in [1.165, 1.54) is 0 Å². The van der Waals surface area contributed by atoms with Crippen molar-refractivity contribution in [3.63, 3.8) is 0 Å². The zero-order chi connectivity index (χ0) is 17.3. The molecule has 4 aliphatic heterocycles. The summed E-state index contributed by atoms with van der Waals surface area (Å²) in [5.41, 5.74) is 0.812. The van der Waals surface area contributed by atoms with Crippen LogP contribution in [-0.4, -0.2) is 37.2 Å². The van der Waals surface area contributed by atoms with Crippen molar-refractivity contribution < 1.29 is 28.2 Å². The van der Waals surface area contributed by atoms with Crippen LogP contribution >= 0.6 is 0 Å². The third kappa shape index (κ3) is 1.44. The zero-order valence-corrected chi connectivity index (χ0v) is 14.6. The number of carbonyl (C=O) groups is 1. The SMILES string of the molecule is C[C@@H]1[C@H]2C[C@@]34COC(=O)[C@H]3C[C@H]3O[C@H]3[C@H]4[C@]13C[C@H](c1ccoc1)O[C@H]3O2. The molecule has 6 nitrogen and oxygen atoms in total. The number of esters is 1. The van der Waals surface area contributed by atoms with Crippen LogP contribution in [0, 0.1) is 28.6 Å². The highest BCUT2D eigenvalue weighted by molar-refractivity contribution is 5.76. The van der Waals surface area contributed by atoms with Gasteiger partial charge in [-0.15, -0.1) is 0 Å². The maximum atomic E-state index is 12.5. The number of hydrogen-bond donors (Lipinski definition) is 0. The topological polar surface area (TPSA) is 70.4 Å². The van der Waals surface area contributed by atoms with Crippen molar-refractivity contribution in [2.24, 2.45) is 28.6 Å². The molecule has 0 amide bonds. The van der Waals surface area contributed by atoms with E-state index >= 15 is 0 Å². The average molecular weight is 358 g/mol. The summed E-state index contributed by atoms with van der Waals surface area (Å²) in [5.74, 6) is 0.579. The first-order chi connectivity index (χ1) is 12.6. The third-order valence-electron chi connectivity index (χ3n) is 8.54. The van der Waals surface area contributed by atoms with Gasteiger partial charge in [-0.05, 0) is 31.2 Å². The van der Waals surface area contributed by atoms with Gasteiger partial charge in [0, 0.05) is 22.3 Å². The number of cyclic esters (lactones) is 1. The van der Waals surface area contributed by atoms with E-state index in [9.17, 15) is 4.79 Å². The van der Waals surface area contributed by atoms with Gasteiger partial charge in [0.25, 0.3) is 0 Å². The van der Waals surface area contributed by atoms with Gasteiger partial charge in [0.2, 0.25) is 0 Å². The molecule has 0 aromatic carbocycles. The Kier molecular flexibility index (Phi) is 2.46. The van der Waals surface area contributed by atoms with Crippen LogP contribution < -0.4 is 0 Å². The second-order valence-electron chi connectivity index (χ2n) is 9.24. The Morgan fingerprint density at radius 2 is 2.08 bits per heavy atom. The van der Waals surface area contributed by atoms with Crippen LogP contribution in [0.5, 0.6) is 0 Å². The van der Waals surface area contributed by atoms with Gasteiger partial charge >= 0.3 is 5.97 Å². The summed E-state index contributed by atoms with van der Waals surface area (Å²) in [7, 11) is 0. The average Bonchev–Trinajstić information content (AvgIpc) is 2.93. The van der Waals surface area contributed by atoms with Gasteiger partial charge in [-0.1, -0.05) is 6.92 Å². The summed E-state index contributed by atoms with van der Waals surface area (Å²) in [5, 5.41) is 0. The van der Waals surface area contributed by atoms with Crippen molar-refractivity contribution in [2.75, 3.05) is 6.61 Å². The molecule has 10 atom stereocenters. The second-order valence-corrected chi connectivity index (χ2v) is 9.24. The molecule has 6 fully saturated rings. The Balaban J connectivity index is 1.38. The molecule has 0 N–H and O–H groups in total. The molecular formula is C20H22O6. The molecule has 0 unspecified atom stereocenters. The smallest absolute Gasteiger partial charge is 0.309 e. The van der Waals surface area contributed by atoms with Gasteiger partial charge in [-0.2, -0.15) is 0 Å². The van der Waals surface area contributed by atoms with Crippen LogP contribution in [-0.2, 0) is 23.7 Å². The van der Waals surface area contributed by atoms with Gasteiger partial charge in [0.15, 0.2) is 6.29 Å².